The molecule has 0 bridgehead atoms. The fraction of sp³-hybridized carbons (Fsp3) is 0.625. The van der Waals surface area contributed by atoms with Crippen molar-refractivity contribution >= 4 is 15.9 Å². The Kier molecular flexibility index (Phi) is 6.05. The fourth-order valence-electron chi connectivity index (χ4n) is 2.70. The van der Waals surface area contributed by atoms with Crippen LogP contribution in [0.25, 0.3) is 0 Å². The van der Waals surface area contributed by atoms with Gasteiger partial charge in [-0.3, -0.25) is 4.90 Å². The number of benzene rings is 1. The molecular weight excluding hydrogens is 332 g/mol. The number of morpholine rings is 1. The molecule has 1 aliphatic heterocycles. The van der Waals surface area contributed by atoms with Crippen LogP contribution in [-0.2, 0) is 4.74 Å². The zero-order valence-corrected chi connectivity index (χ0v) is 14.8. The van der Waals surface area contributed by atoms with E-state index in [-0.39, 0.29) is 12.1 Å². The van der Waals surface area contributed by atoms with Crippen molar-refractivity contribution in [1.82, 2.24) is 10.2 Å². The summed E-state index contributed by atoms with van der Waals surface area (Å²) in [5.74, 6) is 0.878. The van der Waals surface area contributed by atoms with E-state index in [1.165, 1.54) is 5.56 Å². The van der Waals surface area contributed by atoms with Crippen LogP contribution in [0, 0.1) is 0 Å². The molecule has 0 radical (unpaired) electrons. The summed E-state index contributed by atoms with van der Waals surface area (Å²) in [6.07, 6.45) is 0.134. The largest absolute Gasteiger partial charge is 0.497 e. The second kappa shape index (κ2) is 7.58. The van der Waals surface area contributed by atoms with Crippen molar-refractivity contribution < 1.29 is 9.47 Å². The van der Waals surface area contributed by atoms with Gasteiger partial charge in [0.05, 0.1) is 25.9 Å². The molecule has 0 saturated carbocycles. The quantitative estimate of drug-likeness (QED) is 0.879. The Balaban J connectivity index is 2.26. The summed E-state index contributed by atoms with van der Waals surface area (Å²) in [7, 11) is 3.85. The van der Waals surface area contributed by atoms with Crippen LogP contribution in [0.3, 0.4) is 0 Å². The maximum absolute atomic E-state index is 6.03. The van der Waals surface area contributed by atoms with Crippen molar-refractivity contribution in [1.29, 1.82) is 0 Å². The minimum atomic E-state index is 0.134. The summed E-state index contributed by atoms with van der Waals surface area (Å²) in [6.45, 7) is 6.87. The van der Waals surface area contributed by atoms with E-state index in [1.807, 2.05) is 12.1 Å². The molecule has 5 heteroatoms. The standard InChI is InChI=1S/C16H25BrN2O2/c1-11(2)18-10-15-16(19(3)7-8-21-15)13-9-12(20-4)5-6-14(13)17/h5-6,9,11,15-16,18H,7-8,10H2,1-4H3. The Bertz CT molecular complexity index is 468. The molecule has 1 heterocycles. The monoisotopic (exact) mass is 356 g/mol. The van der Waals surface area contributed by atoms with Gasteiger partial charge >= 0.3 is 0 Å². The summed E-state index contributed by atoms with van der Waals surface area (Å²) >= 11 is 3.67. The first-order valence-corrected chi connectivity index (χ1v) is 8.21. The average Bonchev–Trinajstić information content (AvgIpc) is 2.46. The lowest BCUT2D eigenvalue weighted by molar-refractivity contribution is -0.0622. The summed E-state index contributed by atoms with van der Waals surface area (Å²) < 4.78 is 12.5. The van der Waals surface area contributed by atoms with E-state index in [2.05, 4.69) is 53.1 Å². The van der Waals surface area contributed by atoms with E-state index >= 15 is 0 Å². The number of nitrogens with one attached hydrogen (secondary N) is 1. The van der Waals surface area contributed by atoms with E-state index in [1.54, 1.807) is 7.11 Å². The molecule has 4 nitrogen and oxygen atoms in total. The number of methoxy groups -OCH3 is 1. The van der Waals surface area contributed by atoms with Crippen LogP contribution < -0.4 is 10.1 Å². The van der Waals surface area contributed by atoms with Gasteiger partial charge in [-0.2, -0.15) is 0 Å². The summed E-state index contributed by atoms with van der Waals surface area (Å²) in [5.41, 5.74) is 1.21. The predicted octanol–water partition coefficient (Wildman–Crippen LogP) is 2.83. The van der Waals surface area contributed by atoms with Gasteiger partial charge in [0.25, 0.3) is 0 Å². The smallest absolute Gasteiger partial charge is 0.119 e. The van der Waals surface area contributed by atoms with Crippen molar-refractivity contribution in [2.45, 2.75) is 32.0 Å². The van der Waals surface area contributed by atoms with Crippen LogP contribution in [0.5, 0.6) is 5.75 Å². The minimum absolute atomic E-state index is 0.134. The molecule has 0 spiro atoms. The molecule has 1 fully saturated rings. The maximum atomic E-state index is 6.03. The van der Waals surface area contributed by atoms with Crippen LogP contribution in [0.1, 0.15) is 25.5 Å². The lowest BCUT2D eigenvalue weighted by Gasteiger charge is -2.40. The van der Waals surface area contributed by atoms with Crippen LogP contribution in [0.4, 0.5) is 0 Å². The first-order valence-electron chi connectivity index (χ1n) is 7.41. The zero-order chi connectivity index (χ0) is 15.4. The number of halogens is 1. The topological polar surface area (TPSA) is 33.7 Å². The van der Waals surface area contributed by atoms with Gasteiger partial charge < -0.3 is 14.8 Å². The van der Waals surface area contributed by atoms with Crippen molar-refractivity contribution in [3.63, 3.8) is 0 Å². The number of ether oxygens (including phenoxy) is 2. The predicted molar refractivity (Wildman–Crippen MR) is 88.9 cm³/mol. The normalized spacial score (nSPS) is 23.5. The Morgan fingerprint density at radius 2 is 2.24 bits per heavy atom. The van der Waals surface area contributed by atoms with Crippen molar-refractivity contribution in [3.8, 4) is 5.75 Å². The van der Waals surface area contributed by atoms with E-state index in [9.17, 15) is 0 Å². The van der Waals surface area contributed by atoms with Gasteiger partial charge in [-0.15, -0.1) is 0 Å². The molecule has 0 aliphatic carbocycles. The van der Waals surface area contributed by atoms with Gasteiger partial charge in [0.15, 0.2) is 0 Å². The lowest BCUT2D eigenvalue weighted by atomic mass is 9.98. The van der Waals surface area contributed by atoms with E-state index in [4.69, 9.17) is 9.47 Å². The molecule has 0 aromatic heterocycles. The first kappa shape index (κ1) is 16.7. The molecule has 1 aromatic rings. The second-order valence-corrected chi connectivity index (χ2v) is 6.64. The second-order valence-electron chi connectivity index (χ2n) is 5.79. The average molecular weight is 357 g/mol. The van der Waals surface area contributed by atoms with Gasteiger partial charge in [0.1, 0.15) is 5.75 Å². The van der Waals surface area contributed by atoms with Crippen molar-refractivity contribution in [2.75, 3.05) is 33.9 Å². The molecule has 21 heavy (non-hydrogen) atoms. The first-order chi connectivity index (χ1) is 10.0. The molecule has 1 aromatic carbocycles. The van der Waals surface area contributed by atoms with Gasteiger partial charge in [0, 0.05) is 23.6 Å². The Labute approximate surface area is 135 Å². The lowest BCUT2D eigenvalue weighted by Crippen LogP contribution is -2.48. The Morgan fingerprint density at radius 3 is 2.90 bits per heavy atom. The van der Waals surface area contributed by atoms with Gasteiger partial charge in [0.2, 0.25) is 0 Å². The van der Waals surface area contributed by atoms with E-state index in [0.29, 0.717) is 6.04 Å². The Morgan fingerprint density at radius 1 is 1.48 bits per heavy atom. The number of likely N-dealkylation sites (N-methyl/N-ethyl adjacent to an activating group) is 1. The highest BCUT2D eigenvalue weighted by Gasteiger charge is 2.32. The zero-order valence-electron chi connectivity index (χ0n) is 13.2. The molecule has 1 N–H and O–H groups in total. The summed E-state index contributed by atoms with van der Waals surface area (Å²) in [4.78, 5) is 2.36. The third kappa shape index (κ3) is 4.19. The molecule has 2 atom stereocenters. The van der Waals surface area contributed by atoms with Gasteiger partial charge in [-0.05, 0) is 30.8 Å². The summed E-state index contributed by atoms with van der Waals surface area (Å²) in [6, 6.07) is 6.79. The Hall–Kier alpha value is -0.620. The van der Waals surface area contributed by atoms with Crippen molar-refractivity contribution in [3.05, 3.63) is 28.2 Å². The van der Waals surface area contributed by atoms with E-state index < -0.39 is 0 Å². The summed E-state index contributed by atoms with van der Waals surface area (Å²) in [5, 5.41) is 3.49. The van der Waals surface area contributed by atoms with Crippen LogP contribution in [0.2, 0.25) is 0 Å². The number of nitrogens with zero attached hydrogens (tertiary/aromatic N) is 1. The molecule has 2 rings (SSSR count). The molecule has 118 valence electrons. The number of hydrogen-bond acceptors (Lipinski definition) is 4. The maximum Gasteiger partial charge on any atom is 0.119 e. The van der Waals surface area contributed by atoms with Gasteiger partial charge in [-0.25, -0.2) is 0 Å². The molecular formula is C16H25BrN2O2. The third-order valence-electron chi connectivity index (χ3n) is 3.85. The van der Waals surface area contributed by atoms with Crippen LogP contribution >= 0.6 is 15.9 Å². The SMILES string of the molecule is COc1ccc(Br)c(C2C(CNC(C)C)OCCN2C)c1. The molecule has 2 unspecified atom stereocenters. The third-order valence-corrected chi connectivity index (χ3v) is 4.57. The highest BCUT2D eigenvalue weighted by molar-refractivity contribution is 9.10. The number of rotatable bonds is 5. The molecule has 0 amide bonds. The van der Waals surface area contributed by atoms with Crippen molar-refractivity contribution in [2.24, 2.45) is 0 Å². The fourth-order valence-corrected chi connectivity index (χ4v) is 3.18. The highest BCUT2D eigenvalue weighted by Crippen LogP contribution is 2.35. The minimum Gasteiger partial charge on any atom is -0.497 e. The number of hydrogen-bond donors (Lipinski definition) is 1. The van der Waals surface area contributed by atoms with Gasteiger partial charge in [-0.1, -0.05) is 29.8 Å². The van der Waals surface area contributed by atoms with Crippen LogP contribution in [0.15, 0.2) is 22.7 Å². The van der Waals surface area contributed by atoms with Crippen LogP contribution in [-0.4, -0.2) is 50.9 Å². The molecule has 1 aliphatic rings. The van der Waals surface area contributed by atoms with E-state index in [0.717, 1.165) is 29.9 Å². The molecule has 1 saturated heterocycles. The highest BCUT2D eigenvalue weighted by atomic mass is 79.9.